The third kappa shape index (κ3) is 3.52. The van der Waals surface area contributed by atoms with E-state index in [0.29, 0.717) is 52.6 Å². The van der Waals surface area contributed by atoms with Crippen LogP contribution >= 0.6 is 0 Å². The Balaban J connectivity index is 1.29. The van der Waals surface area contributed by atoms with Crippen LogP contribution in [-0.4, -0.2) is 63.6 Å². The minimum atomic E-state index is -1.13. The summed E-state index contributed by atoms with van der Waals surface area (Å²) in [7, 11) is -1.13. The SMILES string of the molecule is C#Cc1cnc(C2=CCN(c3nc4c(c(NC5(c6nn[nH]n6)CCC5)n3)S(=O)CC4)CC2)nc1. The number of nitrogens with zero attached hydrogens (tertiary/aromatic N) is 8. The molecule has 0 aromatic carbocycles. The molecule has 5 heterocycles. The van der Waals surface area contributed by atoms with Gasteiger partial charge in [0.2, 0.25) is 5.95 Å². The zero-order valence-corrected chi connectivity index (χ0v) is 19.2. The molecular formula is C22H22N10OS. The molecule has 1 aliphatic carbocycles. The van der Waals surface area contributed by atoms with Crippen LogP contribution in [0.2, 0.25) is 0 Å². The molecule has 0 bridgehead atoms. The Bertz CT molecular complexity index is 1320. The molecular weight excluding hydrogens is 452 g/mol. The lowest BCUT2D eigenvalue weighted by Crippen LogP contribution is -2.44. The number of nitrogens with one attached hydrogen (secondary N) is 2. The number of H-pyrrole nitrogens is 1. The summed E-state index contributed by atoms with van der Waals surface area (Å²) in [6.07, 6.45) is 15.0. The van der Waals surface area contributed by atoms with Gasteiger partial charge in [-0.25, -0.2) is 15.0 Å². The van der Waals surface area contributed by atoms with Gasteiger partial charge in [-0.1, -0.05) is 17.2 Å². The zero-order chi connectivity index (χ0) is 23.1. The maximum Gasteiger partial charge on any atom is 0.227 e. The highest BCUT2D eigenvalue weighted by Gasteiger charge is 2.44. The van der Waals surface area contributed by atoms with E-state index in [0.717, 1.165) is 43.5 Å². The highest BCUT2D eigenvalue weighted by molar-refractivity contribution is 7.85. The van der Waals surface area contributed by atoms with Crippen molar-refractivity contribution in [3.63, 3.8) is 0 Å². The van der Waals surface area contributed by atoms with E-state index in [1.165, 1.54) is 0 Å². The number of rotatable bonds is 5. The summed E-state index contributed by atoms with van der Waals surface area (Å²) in [6.45, 7) is 1.36. The normalized spacial score (nSPS) is 20.7. The summed E-state index contributed by atoms with van der Waals surface area (Å²) in [6, 6.07) is 0. The van der Waals surface area contributed by atoms with Gasteiger partial charge in [-0.05, 0) is 31.3 Å². The van der Waals surface area contributed by atoms with E-state index in [4.69, 9.17) is 16.4 Å². The summed E-state index contributed by atoms with van der Waals surface area (Å²) >= 11 is 0. The van der Waals surface area contributed by atoms with Gasteiger partial charge in [-0.15, -0.1) is 16.6 Å². The molecule has 0 spiro atoms. The Kier molecular flexibility index (Phi) is 5.06. The first kappa shape index (κ1) is 20.9. The molecule has 1 atom stereocenters. The molecule has 0 amide bonds. The Morgan fingerprint density at radius 2 is 2.06 bits per heavy atom. The van der Waals surface area contributed by atoms with Crippen LogP contribution in [0, 0.1) is 12.3 Å². The maximum absolute atomic E-state index is 12.8. The predicted molar refractivity (Wildman–Crippen MR) is 125 cm³/mol. The number of tetrazole rings is 1. The van der Waals surface area contributed by atoms with Gasteiger partial charge in [-0.2, -0.15) is 10.2 Å². The number of fused-ring (bicyclic) bond motifs is 1. The third-order valence-electron chi connectivity index (χ3n) is 6.61. The van der Waals surface area contributed by atoms with Crippen LogP contribution in [0.4, 0.5) is 11.8 Å². The molecule has 6 rings (SSSR count). The van der Waals surface area contributed by atoms with E-state index in [2.05, 4.69) is 52.8 Å². The molecule has 34 heavy (non-hydrogen) atoms. The molecule has 3 aromatic heterocycles. The van der Waals surface area contributed by atoms with E-state index in [1.807, 2.05) is 0 Å². The number of hydrogen-bond donors (Lipinski definition) is 2. The standard InChI is InChI=1S/C22H22N10OS/c1-2-14-12-23-18(24-13-14)15-4-9-32(10-5-15)21-25-16-6-11-34(33)17(16)19(26-21)27-22(7-3-8-22)20-28-30-31-29-20/h1,4,12-13H,3,5-11H2,(H,25,26,27)(H,28,29,30,31). The van der Waals surface area contributed by atoms with Gasteiger partial charge in [0.15, 0.2) is 11.6 Å². The number of anilines is 2. The van der Waals surface area contributed by atoms with Crippen molar-refractivity contribution in [2.45, 2.75) is 42.5 Å². The molecule has 3 aliphatic rings. The van der Waals surface area contributed by atoms with Crippen LogP contribution in [0.5, 0.6) is 0 Å². The van der Waals surface area contributed by atoms with Crippen LogP contribution in [0.15, 0.2) is 23.4 Å². The van der Waals surface area contributed by atoms with Crippen LogP contribution < -0.4 is 10.2 Å². The second kappa shape index (κ2) is 8.25. The maximum atomic E-state index is 12.8. The molecule has 2 aliphatic heterocycles. The van der Waals surface area contributed by atoms with Crippen molar-refractivity contribution in [3.05, 3.63) is 41.4 Å². The van der Waals surface area contributed by atoms with Crippen LogP contribution in [0.3, 0.4) is 0 Å². The molecule has 172 valence electrons. The highest BCUT2D eigenvalue weighted by Crippen LogP contribution is 2.44. The van der Waals surface area contributed by atoms with Crippen molar-refractivity contribution >= 4 is 28.1 Å². The minimum Gasteiger partial charge on any atom is -0.356 e. The average molecular weight is 475 g/mol. The molecule has 1 saturated carbocycles. The van der Waals surface area contributed by atoms with Gasteiger partial charge >= 0.3 is 0 Å². The molecule has 1 fully saturated rings. The van der Waals surface area contributed by atoms with E-state index in [9.17, 15) is 4.21 Å². The van der Waals surface area contributed by atoms with Crippen molar-refractivity contribution in [2.75, 3.05) is 29.1 Å². The molecule has 11 nitrogen and oxygen atoms in total. The molecule has 1 unspecified atom stereocenters. The summed E-state index contributed by atoms with van der Waals surface area (Å²) in [4.78, 5) is 21.2. The number of hydrogen-bond acceptors (Lipinski definition) is 10. The summed E-state index contributed by atoms with van der Waals surface area (Å²) < 4.78 is 12.8. The molecule has 3 aromatic rings. The van der Waals surface area contributed by atoms with Gasteiger partial charge in [0.1, 0.15) is 16.3 Å². The van der Waals surface area contributed by atoms with E-state index in [-0.39, 0.29) is 0 Å². The van der Waals surface area contributed by atoms with Crippen LogP contribution in [-0.2, 0) is 22.8 Å². The first-order chi connectivity index (χ1) is 16.6. The van der Waals surface area contributed by atoms with Crippen molar-refractivity contribution in [1.82, 2.24) is 40.6 Å². The van der Waals surface area contributed by atoms with Gasteiger partial charge in [0.25, 0.3) is 0 Å². The minimum absolute atomic E-state index is 0.448. The first-order valence-electron chi connectivity index (χ1n) is 11.2. The van der Waals surface area contributed by atoms with Gasteiger partial charge < -0.3 is 10.2 Å². The topological polar surface area (TPSA) is 138 Å². The fourth-order valence-corrected chi connectivity index (χ4v) is 5.86. The Labute approximate surface area is 198 Å². The van der Waals surface area contributed by atoms with Crippen molar-refractivity contribution in [3.8, 4) is 12.3 Å². The lowest BCUT2D eigenvalue weighted by molar-refractivity contribution is 0.267. The monoisotopic (exact) mass is 474 g/mol. The Morgan fingerprint density at radius 3 is 2.71 bits per heavy atom. The van der Waals surface area contributed by atoms with Crippen LogP contribution in [0.25, 0.3) is 5.57 Å². The summed E-state index contributed by atoms with van der Waals surface area (Å²) in [5.74, 6) is 5.64. The third-order valence-corrected chi connectivity index (χ3v) is 8.07. The smallest absolute Gasteiger partial charge is 0.227 e. The van der Waals surface area contributed by atoms with E-state index in [1.54, 1.807) is 12.4 Å². The van der Waals surface area contributed by atoms with E-state index >= 15 is 0 Å². The Morgan fingerprint density at radius 1 is 1.21 bits per heavy atom. The number of terminal acetylenes is 1. The summed E-state index contributed by atoms with van der Waals surface area (Å²) in [5, 5.41) is 18.2. The quantitative estimate of drug-likeness (QED) is 0.519. The van der Waals surface area contributed by atoms with Crippen molar-refractivity contribution in [1.29, 1.82) is 0 Å². The van der Waals surface area contributed by atoms with Gasteiger partial charge in [0, 0.05) is 37.7 Å². The zero-order valence-electron chi connectivity index (χ0n) is 18.4. The second-order valence-electron chi connectivity index (χ2n) is 8.61. The van der Waals surface area contributed by atoms with Crippen molar-refractivity contribution < 1.29 is 4.21 Å². The van der Waals surface area contributed by atoms with Crippen molar-refractivity contribution in [2.24, 2.45) is 0 Å². The lowest BCUT2D eigenvalue weighted by atomic mass is 9.76. The largest absolute Gasteiger partial charge is 0.356 e. The summed E-state index contributed by atoms with van der Waals surface area (Å²) in [5.41, 5.74) is 2.13. The number of aromatic amines is 1. The van der Waals surface area contributed by atoms with Gasteiger partial charge in [0.05, 0.1) is 22.1 Å². The molecule has 0 saturated heterocycles. The average Bonchev–Trinajstić information content (AvgIpc) is 3.52. The fraction of sp³-hybridized carbons (Fsp3) is 0.409. The molecule has 2 N–H and O–H groups in total. The van der Waals surface area contributed by atoms with Gasteiger partial charge in [-0.3, -0.25) is 4.21 Å². The van der Waals surface area contributed by atoms with E-state index < -0.39 is 16.3 Å². The second-order valence-corrected chi connectivity index (χ2v) is 10.1. The highest BCUT2D eigenvalue weighted by atomic mass is 32.2. The predicted octanol–water partition coefficient (Wildman–Crippen LogP) is 1.21. The first-order valence-corrected chi connectivity index (χ1v) is 12.5. The lowest BCUT2D eigenvalue weighted by Gasteiger charge is -2.40. The van der Waals surface area contributed by atoms with Crippen LogP contribution in [0.1, 0.15) is 48.6 Å². The number of aromatic nitrogens is 8. The fourth-order valence-electron chi connectivity index (χ4n) is 4.56. The molecule has 12 heteroatoms. The molecule has 0 radical (unpaired) electrons. The number of aryl methyl sites for hydroxylation is 1. The Hall–Kier alpha value is -3.72.